The molecule has 128 valence electrons. The van der Waals surface area contributed by atoms with E-state index in [1.54, 1.807) is 14.2 Å². The van der Waals surface area contributed by atoms with E-state index in [-0.39, 0.29) is 5.75 Å². The van der Waals surface area contributed by atoms with Crippen molar-refractivity contribution >= 4 is 11.8 Å². The smallest absolute Gasteiger partial charge is 0.168 e. The summed E-state index contributed by atoms with van der Waals surface area (Å²) in [5, 5.41) is 10.9. The number of para-hydroxylation sites is 1. The topological polar surface area (TPSA) is 38.7 Å². The van der Waals surface area contributed by atoms with E-state index >= 15 is 0 Å². The van der Waals surface area contributed by atoms with Gasteiger partial charge in [-0.1, -0.05) is 42.1 Å². The van der Waals surface area contributed by atoms with Crippen molar-refractivity contribution in [1.29, 1.82) is 0 Å². The maximum Gasteiger partial charge on any atom is 0.168 e. The summed E-state index contributed by atoms with van der Waals surface area (Å²) in [6, 6.07) is 19.6. The standard InChI is InChI=1S/C21H20O3S/c1-14-12-17(16-10-7-11-18(23-2)21(16)24-3)20(22)19(13-14)25-15-8-5-4-6-9-15/h4-13,22H,1-3H3. The molecule has 3 nitrogen and oxygen atoms in total. The van der Waals surface area contributed by atoms with E-state index in [0.717, 1.165) is 26.5 Å². The van der Waals surface area contributed by atoms with Gasteiger partial charge in [0, 0.05) is 16.0 Å². The zero-order valence-electron chi connectivity index (χ0n) is 14.4. The van der Waals surface area contributed by atoms with Crippen LogP contribution in [-0.4, -0.2) is 19.3 Å². The molecule has 0 aromatic heterocycles. The van der Waals surface area contributed by atoms with Crippen molar-refractivity contribution in [2.75, 3.05) is 14.2 Å². The molecule has 0 unspecified atom stereocenters. The number of hydrogen-bond acceptors (Lipinski definition) is 4. The minimum absolute atomic E-state index is 0.242. The molecule has 0 saturated carbocycles. The summed E-state index contributed by atoms with van der Waals surface area (Å²) in [4.78, 5) is 1.89. The molecule has 1 N–H and O–H groups in total. The van der Waals surface area contributed by atoms with Crippen LogP contribution in [0.5, 0.6) is 17.2 Å². The van der Waals surface area contributed by atoms with E-state index in [9.17, 15) is 5.11 Å². The van der Waals surface area contributed by atoms with Crippen molar-refractivity contribution in [1.82, 2.24) is 0 Å². The Balaban J connectivity index is 2.12. The summed E-state index contributed by atoms with van der Waals surface area (Å²) in [5.74, 6) is 1.49. The number of aromatic hydroxyl groups is 1. The van der Waals surface area contributed by atoms with Crippen LogP contribution in [0.1, 0.15) is 5.56 Å². The molecule has 0 aliphatic carbocycles. The lowest BCUT2D eigenvalue weighted by atomic mass is 10.0. The number of aryl methyl sites for hydroxylation is 1. The second-order valence-corrected chi connectivity index (χ2v) is 6.73. The zero-order chi connectivity index (χ0) is 17.8. The third-order valence-corrected chi connectivity index (χ3v) is 4.92. The molecule has 4 heteroatoms. The molecule has 0 saturated heterocycles. The Morgan fingerprint density at radius 2 is 1.60 bits per heavy atom. The summed E-state index contributed by atoms with van der Waals surface area (Å²) < 4.78 is 10.9. The van der Waals surface area contributed by atoms with Gasteiger partial charge in [0.2, 0.25) is 0 Å². The van der Waals surface area contributed by atoms with Gasteiger partial charge in [-0.2, -0.15) is 0 Å². The van der Waals surface area contributed by atoms with Crippen LogP contribution < -0.4 is 9.47 Å². The summed E-state index contributed by atoms with van der Waals surface area (Å²) in [7, 11) is 3.21. The highest BCUT2D eigenvalue weighted by atomic mass is 32.2. The van der Waals surface area contributed by atoms with Crippen LogP contribution in [0.3, 0.4) is 0 Å². The maximum atomic E-state index is 10.9. The summed E-state index contributed by atoms with van der Waals surface area (Å²) >= 11 is 1.54. The number of phenolic OH excluding ortho intramolecular Hbond substituents is 1. The minimum Gasteiger partial charge on any atom is -0.506 e. The first kappa shape index (κ1) is 17.2. The molecule has 3 aromatic carbocycles. The monoisotopic (exact) mass is 352 g/mol. The molecule has 0 amide bonds. The average molecular weight is 352 g/mol. The maximum absolute atomic E-state index is 10.9. The lowest BCUT2D eigenvalue weighted by Gasteiger charge is -2.16. The molecule has 0 heterocycles. The van der Waals surface area contributed by atoms with E-state index in [0.29, 0.717) is 11.5 Å². The molecule has 3 rings (SSSR count). The van der Waals surface area contributed by atoms with Gasteiger partial charge >= 0.3 is 0 Å². The molecular weight excluding hydrogens is 332 g/mol. The Labute approximate surface area is 152 Å². The Bertz CT molecular complexity index is 876. The Hall–Kier alpha value is -2.59. The van der Waals surface area contributed by atoms with Gasteiger partial charge in [0.05, 0.1) is 19.1 Å². The number of benzene rings is 3. The van der Waals surface area contributed by atoms with Crippen molar-refractivity contribution in [3.63, 3.8) is 0 Å². The Kier molecular flexibility index (Phi) is 5.19. The summed E-state index contributed by atoms with van der Waals surface area (Å²) in [6.45, 7) is 2.02. The van der Waals surface area contributed by atoms with Crippen molar-refractivity contribution < 1.29 is 14.6 Å². The van der Waals surface area contributed by atoms with Crippen molar-refractivity contribution in [2.45, 2.75) is 16.7 Å². The van der Waals surface area contributed by atoms with Crippen LogP contribution in [-0.2, 0) is 0 Å². The molecule has 0 atom stereocenters. The van der Waals surface area contributed by atoms with Crippen molar-refractivity contribution in [3.05, 3.63) is 66.2 Å². The van der Waals surface area contributed by atoms with E-state index in [4.69, 9.17) is 9.47 Å². The molecule has 0 radical (unpaired) electrons. The van der Waals surface area contributed by atoms with E-state index in [2.05, 4.69) is 0 Å². The van der Waals surface area contributed by atoms with Crippen LogP contribution in [0.25, 0.3) is 11.1 Å². The number of ether oxygens (including phenoxy) is 2. The fraction of sp³-hybridized carbons (Fsp3) is 0.143. The fourth-order valence-corrected chi connectivity index (χ4v) is 3.74. The highest BCUT2D eigenvalue weighted by Gasteiger charge is 2.17. The predicted octanol–water partition coefficient (Wildman–Crippen LogP) is 5.54. The first-order valence-corrected chi connectivity index (χ1v) is 8.73. The third kappa shape index (κ3) is 3.59. The van der Waals surface area contributed by atoms with Crippen LogP contribution in [0.2, 0.25) is 0 Å². The fourth-order valence-electron chi connectivity index (χ4n) is 2.74. The second kappa shape index (κ2) is 7.53. The third-order valence-electron chi connectivity index (χ3n) is 3.88. The highest BCUT2D eigenvalue weighted by Crippen LogP contribution is 2.46. The van der Waals surface area contributed by atoms with Gasteiger partial charge in [-0.05, 0) is 42.8 Å². The quantitative estimate of drug-likeness (QED) is 0.655. The number of rotatable bonds is 5. The Morgan fingerprint density at radius 1 is 0.840 bits per heavy atom. The van der Waals surface area contributed by atoms with Gasteiger partial charge in [-0.15, -0.1) is 0 Å². The van der Waals surface area contributed by atoms with Gasteiger partial charge in [-0.25, -0.2) is 0 Å². The normalized spacial score (nSPS) is 10.5. The Morgan fingerprint density at radius 3 is 2.28 bits per heavy atom. The van der Waals surface area contributed by atoms with Gasteiger partial charge in [0.1, 0.15) is 5.75 Å². The number of hydrogen-bond donors (Lipinski definition) is 1. The number of methoxy groups -OCH3 is 2. The largest absolute Gasteiger partial charge is 0.506 e. The summed E-state index contributed by atoms with van der Waals surface area (Å²) in [5.41, 5.74) is 2.60. The lowest BCUT2D eigenvalue weighted by Crippen LogP contribution is -1.94. The highest BCUT2D eigenvalue weighted by molar-refractivity contribution is 7.99. The lowest BCUT2D eigenvalue weighted by molar-refractivity contribution is 0.356. The molecular formula is C21H20O3S. The molecule has 0 aliphatic rings. The van der Waals surface area contributed by atoms with Crippen LogP contribution in [0, 0.1) is 6.92 Å². The first-order chi connectivity index (χ1) is 12.1. The first-order valence-electron chi connectivity index (χ1n) is 7.92. The van der Waals surface area contributed by atoms with Gasteiger partial charge in [0.25, 0.3) is 0 Å². The molecule has 0 fully saturated rings. The van der Waals surface area contributed by atoms with Gasteiger partial charge < -0.3 is 14.6 Å². The summed E-state index contributed by atoms with van der Waals surface area (Å²) in [6.07, 6.45) is 0. The van der Waals surface area contributed by atoms with E-state index in [1.165, 1.54) is 11.8 Å². The van der Waals surface area contributed by atoms with Crippen molar-refractivity contribution in [2.24, 2.45) is 0 Å². The SMILES string of the molecule is COc1cccc(-c2cc(C)cc(Sc3ccccc3)c2O)c1OC. The number of phenols is 1. The minimum atomic E-state index is 0.242. The second-order valence-electron chi connectivity index (χ2n) is 5.62. The molecule has 0 aliphatic heterocycles. The molecule has 3 aromatic rings. The van der Waals surface area contributed by atoms with E-state index in [1.807, 2.05) is 67.6 Å². The van der Waals surface area contributed by atoms with Gasteiger partial charge in [-0.3, -0.25) is 0 Å². The van der Waals surface area contributed by atoms with Crippen LogP contribution >= 0.6 is 11.8 Å². The average Bonchev–Trinajstić information content (AvgIpc) is 2.64. The van der Waals surface area contributed by atoms with Gasteiger partial charge in [0.15, 0.2) is 11.5 Å². The molecule has 25 heavy (non-hydrogen) atoms. The van der Waals surface area contributed by atoms with E-state index < -0.39 is 0 Å². The van der Waals surface area contributed by atoms with Crippen molar-refractivity contribution in [3.8, 4) is 28.4 Å². The molecule has 0 bridgehead atoms. The van der Waals surface area contributed by atoms with Crippen LogP contribution in [0.4, 0.5) is 0 Å². The van der Waals surface area contributed by atoms with Crippen LogP contribution in [0.15, 0.2) is 70.5 Å². The predicted molar refractivity (Wildman–Crippen MR) is 102 cm³/mol. The molecule has 0 spiro atoms. The zero-order valence-corrected chi connectivity index (χ0v) is 15.3.